The van der Waals surface area contributed by atoms with Crippen molar-refractivity contribution in [1.29, 1.82) is 0 Å². The molecule has 0 saturated heterocycles. The van der Waals surface area contributed by atoms with Gasteiger partial charge in [0.25, 0.3) is 5.69 Å². The van der Waals surface area contributed by atoms with E-state index in [9.17, 15) is 14.9 Å². The SMILES string of the molecule is CO[C@H](Nc1ccc([N+](=O)[O-])cc1)C(=O)c1cccs1. The summed E-state index contributed by atoms with van der Waals surface area (Å²) in [5.74, 6) is -0.180. The lowest BCUT2D eigenvalue weighted by atomic mass is 10.2. The van der Waals surface area contributed by atoms with Crippen LogP contribution in [0.5, 0.6) is 0 Å². The lowest BCUT2D eigenvalue weighted by Crippen LogP contribution is -2.30. The second kappa shape index (κ2) is 6.27. The molecule has 2 rings (SSSR count). The van der Waals surface area contributed by atoms with Gasteiger partial charge in [0.15, 0.2) is 6.23 Å². The van der Waals surface area contributed by atoms with Crippen molar-refractivity contribution in [3.05, 3.63) is 56.8 Å². The number of nitrogens with zero attached hydrogens (tertiary/aromatic N) is 1. The number of hydrogen-bond acceptors (Lipinski definition) is 6. The third kappa shape index (κ3) is 3.19. The number of nitro groups is 1. The average molecular weight is 292 g/mol. The van der Waals surface area contributed by atoms with E-state index in [1.54, 1.807) is 12.1 Å². The first kappa shape index (κ1) is 14.2. The van der Waals surface area contributed by atoms with Crippen LogP contribution in [-0.2, 0) is 4.74 Å². The van der Waals surface area contributed by atoms with Crippen LogP contribution >= 0.6 is 11.3 Å². The van der Waals surface area contributed by atoms with Crippen LogP contribution < -0.4 is 5.32 Å². The molecule has 0 unspecified atom stereocenters. The van der Waals surface area contributed by atoms with E-state index in [0.29, 0.717) is 10.6 Å². The molecule has 1 heterocycles. The Hall–Kier alpha value is -2.25. The fourth-order valence-corrected chi connectivity index (χ4v) is 2.29. The fraction of sp³-hybridized carbons (Fsp3) is 0.154. The van der Waals surface area contributed by atoms with E-state index in [0.717, 1.165) is 0 Å². The predicted octanol–water partition coefficient (Wildman–Crippen LogP) is 2.92. The third-order valence-electron chi connectivity index (χ3n) is 2.61. The van der Waals surface area contributed by atoms with Gasteiger partial charge in [0, 0.05) is 24.9 Å². The minimum Gasteiger partial charge on any atom is -0.354 e. The minimum absolute atomic E-state index is 0.00546. The second-order valence-electron chi connectivity index (χ2n) is 3.91. The van der Waals surface area contributed by atoms with Crippen molar-refractivity contribution in [2.24, 2.45) is 0 Å². The molecule has 1 atom stereocenters. The van der Waals surface area contributed by atoms with Crippen LogP contribution in [0.2, 0.25) is 0 Å². The Labute approximate surface area is 119 Å². The van der Waals surface area contributed by atoms with Gasteiger partial charge in [0.2, 0.25) is 5.78 Å². The molecule has 2 aromatic rings. The number of thiophene rings is 1. The topological polar surface area (TPSA) is 81.5 Å². The van der Waals surface area contributed by atoms with Crippen molar-refractivity contribution in [1.82, 2.24) is 0 Å². The highest BCUT2D eigenvalue weighted by Gasteiger charge is 2.20. The molecule has 0 aliphatic carbocycles. The summed E-state index contributed by atoms with van der Waals surface area (Å²) in [5.41, 5.74) is 0.571. The van der Waals surface area contributed by atoms with Crippen LogP contribution in [0.3, 0.4) is 0 Å². The number of ketones is 1. The minimum atomic E-state index is -0.824. The Balaban J connectivity index is 2.10. The molecule has 0 aliphatic rings. The molecule has 0 amide bonds. The Morgan fingerprint density at radius 3 is 2.55 bits per heavy atom. The number of carbonyl (C=O) groups is 1. The number of nitrogens with one attached hydrogen (secondary N) is 1. The van der Waals surface area contributed by atoms with Crippen LogP contribution in [0.4, 0.5) is 11.4 Å². The van der Waals surface area contributed by atoms with Crippen LogP contribution in [0.15, 0.2) is 41.8 Å². The van der Waals surface area contributed by atoms with Crippen molar-refractivity contribution in [2.45, 2.75) is 6.23 Å². The maximum Gasteiger partial charge on any atom is 0.269 e. The zero-order valence-electron chi connectivity index (χ0n) is 10.6. The van der Waals surface area contributed by atoms with Crippen molar-refractivity contribution in [3.8, 4) is 0 Å². The lowest BCUT2D eigenvalue weighted by molar-refractivity contribution is -0.384. The number of rotatable bonds is 6. The number of methoxy groups -OCH3 is 1. The number of benzene rings is 1. The smallest absolute Gasteiger partial charge is 0.269 e. The average Bonchev–Trinajstić information content (AvgIpc) is 2.98. The number of carbonyl (C=O) groups excluding carboxylic acids is 1. The summed E-state index contributed by atoms with van der Waals surface area (Å²) in [7, 11) is 1.43. The van der Waals surface area contributed by atoms with Gasteiger partial charge in [-0.2, -0.15) is 0 Å². The van der Waals surface area contributed by atoms with Gasteiger partial charge in [-0.1, -0.05) is 6.07 Å². The summed E-state index contributed by atoms with van der Waals surface area (Å²) in [5, 5.41) is 15.3. The summed E-state index contributed by atoms with van der Waals surface area (Å²) in [6.45, 7) is 0. The summed E-state index contributed by atoms with van der Waals surface area (Å²) in [6.07, 6.45) is -0.824. The monoisotopic (exact) mass is 292 g/mol. The van der Waals surface area contributed by atoms with Crippen molar-refractivity contribution in [2.75, 3.05) is 12.4 Å². The molecule has 1 aromatic carbocycles. The Kier molecular flexibility index (Phi) is 4.44. The highest BCUT2D eigenvalue weighted by molar-refractivity contribution is 7.12. The molecular formula is C13H12N2O4S. The summed E-state index contributed by atoms with van der Waals surface area (Å²) >= 11 is 1.33. The molecule has 104 valence electrons. The van der Waals surface area contributed by atoms with Crippen molar-refractivity contribution in [3.63, 3.8) is 0 Å². The van der Waals surface area contributed by atoms with Crippen LogP contribution in [0, 0.1) is 10.1 Å². The number of ether oxygens (including phenoxy) is 1. The van der Waals surface area contributed by atoms with Crippen LogP contribution in [0.1, 0.15) is 9.67 Å². The number of anilines is 1. The quantitative estimate of drug-likeness (QED) is 0.383. The van der Waals surface area contributed by atoms with Crippen LogP contribution in [-0.4, -0.2) is 24.0 Å². The number of Topliss-reactive ketones (excluding diaryl/α,β-unsaturated/α-hetero) is 1. The van der Waals surface area contributed by atoms with Gasteiger partial charge >= 0.3 is 0 Å². The molecule has 6 nitrogen and oxygen atoms in total. The fourth-order valence-electron chi connectivity index (χ4n) is 1.61. The van der Waals surface area contributed by atoms with Gasteiger partial charge < -0.3 is 10.1 Å². The van der Waals surface area contributed by atoms with E-state index in [-0.39, 0.29) is 11.5 Å². The molecule has 1 aromatic heterocycles. The summed E-state index contributed by atoms with van der Waals surface area (Å²) in [6, 6.07) is 9.31. The first-order valence-electron chi connectivity index (χ1n) is 5.73. The zero-order chi connectivity index (χ0) is 14.5. The lowest BCUT2D eigenvalue weighted by Gasteiger charge is -2.16. The van der Waals surface area contributed by atoms with Crippen molar-refractivity contribution < 1.29 is 14.5 Å². The molecule has 1 N–H and O–H groups in total. The standard InChI is InChI=1S/C13H12N2O4S/c1-19-13(12(16)11-3-2-8-20-11)14-9-4-6-10(7-5-9)15(17)18/h2-8,13-14H,1H3/t13-/m0/s1. The molecule has 0 fully saturated rings. The van der Waals surface area contributed by atoms with E-state index in [4.69, 9.17) is 4.74 Å². The molecule has 0 spiro atoms. The molecule has 0 radical (unpaired) electrons. The Morgan fingerprint density at radius 1 is 1.35 bits per heavy atom. The van der Waals surface area contributed by atoms with Crippen LogP contribution in [0.25, 0.3) is 0 Å². The first-order valence-corrected chi connectivity index (χ1v) is 6.61. The summed E-state index contributed by atoms with van der Waals surface area (Å²) in [4.78, 5) is 22.8. The Morgan fingerprint density at radius 2 is 2.05 bits per heavy atom. The van der Waals surface area contributed by atoms with Gasteiger partial charge in [0.1, 0.15) is 0 Å². The van der Waals surface area contributed by atoms with Gasteiger partial charge in [-0.15, -0.1) is 11.3 Å². The van der Waals surface area contributed by atoms with E-state index in [2.05, 4.69) is 5.32 Å². The maximum absolute atomic E-state index is 12.1. The maximum atomic E-state index is 12.1. The predicted molar refractivity (Wildman–Crippen MR) is 76.2 cm³/mol. The Bertz CT molecular complexity index is 595. The molecule has 20 heavy (non-hydrogen) atoms. The third-order valence-corrected chi connectivity index (χ3v) is 3.50. The molecule has 7 heteroatoms. The second-order valence-corrected chi connectivity index (χ2v) is 4.85. The van der Waals surface area contributed by atoms with Gasteiger partial charge in [-0.25, -0.2) is 0 Å². The van der Waals surface area contributed by atoms with Gasteiger partial charge in [-0.3, -0.25) is 14.9 Å². The molecule has 0 aliphatic heterocycles. The molecular weight excluding hydrogens is 280 g/mol. The summed E-state index contributed by atoms with van der Waals surface area (Å²) < 4.78 is 5.13. The van der Waals surface area contributed by atoms with E-state index in [1.165, 1.54) is 42.7 Å². The first-order chi connectivity index (χ1) is 9.61. The van der Waals surface area contributed by atoms with E-state index < -0.39 is 11.2 Å². The highest BCUT2D eigenvalue weighted by Crippen LogP contribution is 2.18. The van der Waals surface area contributed by atoms with E-state index in [1.807, 2.05) is 5.38 Å². The zero-order valence-corrected chi connectivity index (χ0v) is 11.4. The van der Waals surface area contributed by atoms with E-state index >= 15 is 0 Å². The van der Waals surface area contributed by atoms with Crippen molar-refractivity contribution >= 4 is 28.5 Å². The number of nitro benzene ring substituents is 1. The number of hydrogen-bond donors (Lipinski definition) is 1. The number of non-ortho nitro benzene ring substituents is 1. The molecule has 0 bridgehead atoms. The highest BCUT2D eigenvalue weighted by atomic mass is 32.1. The molecule has 0 saturated carbocycles. The van der Waals surface area contributed by atoms with Gasteiger partial charge in [-0.05, 0) is 23.6 Å². The largest absolute Gasteiger partial charge is 0.354 e. The normalized spacial score (nSPS) is 11.8. The van der Waals surface area contributed by atoms with Gasteiger partial charge in [0.05, 0.1) is 9.80 Å².